The van der Waals surface area contributed by atoms with Crippen LogP contribution in [-0.4, -0.2) is 50.5 Å². The van der Waals surface area contributed by atoms with Crippen LogP contribution in [0.15, 0.2) is 48.5 Å². The molecular formula is C27H36F3N3O4S. The number of amides is 2. The van der Waals surface area contributed by atoms with Crippen LogP contribution in [0.3, 0.4) is 0 Å². The van der Waals surface area contributed by atoms with Gasteiger partial charge in [0.1, 0.15) is 6.04 Å². The maximum atomic E-state index is 13.4. The summed E-state index contributed by atoms with van der Waals surface area (Å²) in [6.45, 7) is 6.13. The van der Waals surface area contributed by atoms with E-state index >= 15 is 0 Å². The van der Waals surface area contributed by atoms with E-state index in [0.29, 0.717) is 13.0 Å². The topological polar surface area (TPSA) is 86.8 Å². The van der Waals surface area contributed by atoms with Crippen LogP contribution in [0.25, 0.3) is 0 Å². The Bertz CT molecular complexity index is 1200. The molecule has 2 rings (SSSR count). The van der Waals surface area contributed by atoms with Crippen molar-refractivity contribution < 1.29 is 31.2 Å². The molecule has 2 aromatic rings. The highest BCUT2D eigenvalue weighted by Gasteiger charge is 2.32. The highest BCUT2D eigenvalue weighted by Crippen LogP contribution is 2.32. The second kappa shape index (κ2) is 13.6. The molecule has 0 aliphatic carbocycles. The summed E-state index contributed by atoms with van der Waals surface area (Å²) in [6, 6.07) is 10.9. The third-order valence-electron chi connectivity index (χ3n) is 6.15. The summed E-state index contributed by atoms with van der Waals surface area (Å²) in [4.78, 5) is 27.8. The molecule has 7 nitrogen and oxygen atoms in total. The van der Waals surface area contributed by atoms with Crippen molar-refractivity contribution in [2.45, 2.75) is 65.2 Å². The standard InChI is InChI=1S/C27H36F3N3O4S/c1-5-16-31-26(35)24(6-2)32(19-21-12-8-7-11-20(21)3)25(34)15-10-17-33(38(4,36)37)23-14-9-13-22(18-23)27(28,29)30/h7-9,11-14,18,24H,5-6,10,15-17,19H2,1-4H3,(H,31,35). The number of nitrogens with one attached hydrogen (secondary N) is 1. The lowest BCUT2D eigenvalue weighted by molar-refractivity contribution is -0.141. The molecule has 0 fully saturated rings. The number of nitrogens with zero attached hydrogens (tertiary/aromatic N) is 2. The monoisotopic (exact) mass is 555 g/mol. The van der Waals surface area contributed by atoms with Gasteiger partial charge in [0, 0.05) is 26.1 Å². The van der Waals surface area contributed by atoms with Crippen molar-refractivity contribution in [3.63, 3.8) is 0 Å². The fraction of sp³-hybridized carbons (Fsp3) is 0.481. The van der Waals surface area contributed by atoms with E-state index in [4.69, 9.17) is 0 Å². The Labute approximate surface area is 223 Å². The van der Waals surface area contributed by atoms with Gasteiger partial charge in [0.2, 0.25) is 21.8 Å². The highest BCUT2D eigenvalue weighted by molar-refractivity contribution is 7.92. The lowest BCUT2D eigenvalue weighted by atomic mass is 10.1. The molecule has 38 heavy (non-hydrogen) atoms. The molecule has 0 radical (unpaired) electrons. The summed E-state index contributed by atoms with van der Waals surface area (Å²) < 4.78 is 65.3. The second-order valence-corrected chi connectivity index (χ2v) is 11.1. The number of hydrogen-bond acceptors (Lipinski definition) is 4. The first-order chi connectivity index (χ1) is 17.8. The number of aryl methyl sites for hydroxylation is 1. The van der Waals surface area contributed by atoms with Gasteiger partial charge in [0.15, 0.2) is 0 Å². The van der Waals surface area contributed by atoms with Gasteiger partial charge in [0.05, 0.1) is 17.5 Å². The van der Waals surface area contributed by atoms with Crippen molar-refractivity contribution in [3.8, 4) is 0 Å². The Morgan fingerprint density at radius 3 is 2.32 bits per heavy atom. The Hall–Kier alpha value is -3.08. The predicted octanol–water partition coefficient (Wildman–Crippen LogP) is 4.89. The number of benzene rings is 2. The number of sulfonamides is 1. The third kappa shape index (κ3) is 8.75. The van der Waals surface area contributed by atoms with Crippen molar-refractivity contribution >= 4 is 27.5 Å². The van der Waals surface area contributed by atoms with Crippen LogP contribution in [0.1, 0.15) is 56.2 Å². The van der Waals surface area contributed by atoms with Gasteiger partial charge >= 0.3 is 6.18 Å². The first kappa shape index (κ1) is 31.1. The van der Waals surface area contributed by atoms with Crippen molar-refractivity contribution in [2.75, 3.05) is 23.7 Å². The zero-order valence-corrected chi connectivity index (χ0v) is 23.0. The van der Waals surface area contributed by atoms with Gasteiger partial charge in [0.25, 0.3) is 0 Å². The van der Waals surface area contributed by atoms with E-state index in [1.165, 1.54) is 11.0 Å². The van der Waals surface area contributed by atoms with Gasteiger partial charge in [-0.25, -0.2) is 8.42 Å². The molecule has 0 saturated heterocycles. The zero-order chi connectivity index (χ0) is 28.5. The molecule has 1 N–H and O–H groups in total. The van der Waals surface area contributed by atoms with Crippen molar-refractivity contribution in [3.05, 3.63) is 65.2 Å². The Morgan fingerprint density at radius 2 is 1.74 bits per heavy atom. The van der Waals surface area contributed by atoms with Crippen LogP contribution < -0.4 is 9.62 Å². The Morgan fingerprint density at radius 1 is 1.05 bits per heavy atom. The van der Waals surface area contributed by atoms with E-state index in [1.807, 2.05) is 45.0 Å². The maximum absolute atomic E-state index is 13.4. The molecule has 2 aromatic carbocycles. The second-order valence-electron chi connectivity index (χ2n) is 9.15. The summed E-state index contributed by atoms with van der Waals surface area (Å²) in [5.41, 5.74) is 0.746. The van der Waals surface area contributed by atoms with Gasteiger partial charge in [-0.15, -0.1) is 0 Å². The smallest absolute Gasteiger partial charge is 0.354 e. The number of carbonyl (C=O) groups is 2. The fourth-order valence-electron chi connectivity index (χ4n) is 4.10. The van der Waals surface area contributed by atoms with Gasteiger partial charge in [-0.1, -0.05) is 44.2 Å². The van der Waals surface area contributed by atoms with Crippen molar-refractivity contribution in [1.82, 2.24) is 10.2 Å². The molecule has 1 atom stereocenters. The molecule has 1 unspecified atom stereocenters. The van der Waals surface area contributed by atoms with Crippen LogP contribution in [0.4, 0.5) is 18.9 Å². The van der Waals surface area contributed by atoms with Crippen LogP contribution in [0, 0.1) is 6.92 Å². The zero-order valence-electron chi connectivity index (χ0n) is 22.2. The molecule has 0 aliphatic rings. The minimum Gasteiger partial charge on any atom is -0.354 e. The summed E-state index contributed by atoms with van der Waals surface area (Å²) in [6.07, 6.45) is -2.63. The van der Waals surface area contributed by atoms with E-state index < -0.39 is 27.8 Å². The number of anilines is 1. The number of carbonyl (C=O) groups excluding carboxylic acids is 2. The van der Waals surface area contributed by atoms with E-state index in [0.717, 1.165) is 46.3 Å². The minimum atomic E-state index is -4.63. The molecule has 0 bridgehead atoms. The number of hydrogen-bond donors (Lipinski definition) is 1. The van der Waals surface area contributed by atoms with Crippen LogP contribution in [0.5, 0.6) is 0 Å². The molecule has 0 saturated carbocycles. The first-order valence-electron chi connectivity index (χ1n) is 12.6. The van der Waals surface area contributed by atoms with Gasteiger partial charge < -0.3 is 10.2 Å². The van der Waals surface area contributed by atoms with E-state index in [-0.39, 0.29) is 43.4 Å². The van der Waals surface area contributed by atoms with Crippen molar-refractivity contribution in [1.29, 1.82) is 0 Å². The summed E-state index contributed by atoms with van der Waals surface area (Å²) in [5, 5.41) is 2.84. The minimum absolute atomic E-state index is 0.0550. The van der Waals surface area contributed by atoms with Gasteiger partial charge in [-0.2, -0.15) is 13.2 Å². The quantitative estimate of drug-likeness (QED) is 0.381. The SMILES string of the molecule is CCCNC(=O)C(CC)N(Cc1ccccc1C)C(=O)CCCN(c1cccc(C(F)(F)F)c1)S(C)(=O)=O. The highest BCUT2D eigenvalue weighted by atomic mass is 32.2. The summed E-state index contributed by atoms with van der Waals surface area (Å²) >= 11 is 0. The molecule has 210 valence electrons. The normalized spacial score (nSPS) is 12.6. The Kier molecular flexibility index (Phi) is 11.2. The number of halogens is 3. The fourth-order valence-corrected chi connectivity index (χ4v) is 5.06. The van der Waals surface area contributed by atoms with Crippen LogP contribution >= 0.6 is 0 Å². The molecule has 0 spiro atoms. The molecule has 0 heterocycles. The average molecular weight is 556 g/mol. The van der Waals surface area contributed by atoms with Gasteiger partial charge in [-0.3, -0.25) is 13.9 Å². The van der Waals surface area contributed by atoms with Crippen LogP contribution in [-0.2, 0) is 32.3 Å². The molecule has 2 amide bonds. The van der Waals surface area contributed by atoms with E-state index in [2.05, 4.69) is 5.32 Å². The number of alkyl halides is 3. The lowest BCUT2D eigenvalue weighted by Gasteiger charge is -2.31. The molecular weight excluding hydrogens is 519 g/mol. The summed E-state index contributed by atoms with van der Waals surface area (Å²) in [5.74, 6) is -0.609. The average Bonchev–Trinajstić information content (AvgIpc) is 2.85. The van der Waals surface area contributed by atoms with Crippen molar-refractivity contribution in [2.24, 2.45) is 0 Å². The Balaban J connectivity index is 2.26. The molecule has 11 heteroatoms. The predicted molar refractivity (Wildman–Crippen MR) is 142 cm³/mol. The lowest BCUT2D eigenvalue weighted by Crippen LogP contribution is -2.49. The summed E-state index contributed by atoms with van der Waals surface area (Å²) in [7, 11) is -3.92. The largest absolute Gasteiger partial charge is 0.416 e. The van der Waals surface area contributed by atoms with E-state index in [9.17, 15) is 31.2 Å². The first-order valence-corrected chi connectivity index (χ1v) is 14.4. The molecule has 0 aromatic heterocycles. The number of rotatable bonds is 13. The molecule has 0 aliphatic heterocycles. The third-order valence-corrected chi connectivity index (χ3v) is 7.34. The van der Waals surface area contributed by atoms with Crippen LogP contribution in [0.2, 0.25) is 0 Å². The maximum Gasteiger partial charge on any atom is 0.416 e. The van der Waals surface area contributed by atoms with E-state index in [1.54, 1.807) is 0 Å². The van der Waals surface area contributed by atoms with Gasteiger partial charge in [-0.05, 0) is 55.5 Å².